The number of halogens is 2. The van der Waals surface area contributed by atoms with Crippen molar-refractivity contribution in [2.75, 3.05) is 0 Å². The minimum Gasteiger partial charge on any atom is -0.476 e. The molecule has 4 rings (SSSR count). The summed E-state index contributed by atoms with van der Waals surface area (Å²) < 4.78 is 17.1. The molecular weight excluding hydrogens is 413 g/mol. The van der Waals surface area contributed by atoms with Crippen LogP contribution >= 0.6 is 15.9 Å². The van der Waals surface area contributed by atoms with Gasteiger partial charge in [0.05, 0.1) is 22.6 Å². The first-order valence-corrected chi connectivity index (χ1v) is 9.05. The third kappa shape index (κ3) is 2.78. The Morgan fingerprint density at radius 3 is 2.63 bits per heavy atom. The van der Waals surface area contributed by atoms with Gasteiger partial charge in [0.25, 0.3) is 0 Å². The number of carboxylic acid groups (broad SMARTS) is 1. The largest absolute Gasteiger partial charge is 0.476 e. The van der Waals surface area contributed by atoms with Gasteiger partial charge in [-0.2, -0.15) is 0 Å². The zero-order valence-corrected chi connectivity index (χ0v) is 16.2. The molecule has 27 heavy (non-hydrogen) atoms. The summed E-state index contributed by atoms with van der Waals surface area (Å²) in [6, 6.07) is 12.0. The van der Waals surface area contributed by atoms with Gasteiger partial charge in [-0.25, -0.2) is 14.2 Å². The van der Waals surface area contributed by atoms with Crippen LogP contribution in [0, 0.1) is 5.82 Å². The average molecular weight is 428 g/mol. The van der Waals surface area contributed by atoms with E-state index in [0.29, 0.717) is 28.2 Å². The molecule has 0 saturated heterocycles. The van der Waals surface area contributed by atoms with Crippen LogP contribution in [0.2, 0.25) is 0 Å². The number of benzene rings is 2. The van der Waals surface area contributed by atoms with Crippen LogP contribution in [-0.2, 0) is 5.54 Å². The van der Waals surface area contributed by atoms with Crippen LogP contribution in [0.3, 0.4) is 0 Å². The molecule has 0 aliphatic carbocycles. The number of hydrogen-bond acceptors (Lipinski definition) is 3. The van der Waals surface area contributed by atoms with Crippen LogP contribution in [0.5, 0.6) is 0 Å². The molecule has 0 amide bonds. The van der Waals surface area contributed by atoms with E-state index < -0.39 is 11.5 Å². The van der Waals surface area contributed by atoms with E-state index in [1.807, 2.05) is 18.2 Å². The van der Waals surface area contributed by atoms with Crippen molar-refractivity contribution in [2.45, 2.75) is 19.4 Å². The van der Waals surface area contributed by atoms with Gasteiger partial charge in [0.1, 0.15) is 12.1 Å². The van der Waals surface area contributed by atoms with Crippen molar-refractivity contribution in [2.24, 2.45) is 4.99 Å². The number of aromatic nitrogens is 2. The van der Waals surface area contributed by atoms with Gasteiger partial charge in [-0.05, 0) is 44.2 Å². The maximum Gasteiger partial charge on any atom is 0.356 e. The number of imidazole rings is 1. The van der Waals surface area contributed by atoms with Gasteiger partial charge in [-0.1, -0.05) is 28.1 Å². The lowest BCUT2D eigenvalue weighted by atomic mass is 9.97. The number of carbonyl (C=O) groups is 1. The van der Waals surface area contributed by atoms with Gasteiger partial charge in [-0.3, -0.25) is 9.56 Å². The summed E-state index contributed by atoms with van der Waals surface area (Å²) in [5.41, 5.74) is 1.66. The summed E-state index contributed by atoms with van der Waals surface area (Å²) in [6.07, 6.45) is 1.48. The second kappa shape index (κ2) is 6.13. The number of nitrogens with zero attached hydrogens (tertiary/aromatic N) is 3. The molecule has 1 aromatic heterocycles. The van der Waals surface area contributed by atoms with E-state index in [-0.39, 0.29) is 11.5 Å². The molecule has 5 nitrogen and oxygen atoms in total. The zero-order valence-electron chi connectivity index (χ0n) is 14.6. The van der Waals surface area contributed by atoms with Crippen molar-refractivity contribution in [3.8, 4) is 5.69 Å². The van der Waals surface area contributed by atoms with Crippen molar-refractivity contribution >= 4 is 27.6 Å². The summed E-state index contributed by atoms with van der Waals surface area (Å²) in [6.45, 7) is 3.60. The van der Waals surface area contributed by atoms with Crippen LogP contribution < -0.4 is 0 Å². The molecule has 0 unspecified atom stereocenters. The molecule has 136 valence electrons. The highest BCUT2D eigenvalue weighted by molar-refractivity contribution is 9.10. The van der Waals surface area contributed by atoms with Crippen LogP contribution in [0.1, 0.15) is 41.2 Å². The Hall–Kier alpha value is -2.80. The monoisotopic (exact) mass is 427 g/mol. The third-order valence-corrected chi connectivity index (χ3v) is 5.04. The lowest BCUT2D eigenvalue weighted by Crippen LogP contribution is -2.22. The van der Waals surface area contributed by atoms with Crippen molar-refractivity contribution < 1.29 is 14.3 Å². The van der Waals surface area contributed by atoms with E-state index in [1.165, 1.54) is 12.4 Å². The standard InChI is InChI=1S/C20H15BrFN3O2/c1-20(2)18-17(19(26)27)23-10-25(18)15-8-7-11(21)9-13(15)16(24-20)12-5-3-4-6-14(12)22/h3-10H,1-2H3,(H,26,27). The molecule has 1 aliphatic rings. The molecule has 0 fully saturated rings. The Kier molecular flexibility index (Phi) is 3.99. The summed E-state index contributed by atoms with van der Waals surface area (Å²) in [5.74, 6) is -1.51. The lowest BCUT2D eigenvalue weighted by molar-refractivity contribution is 0.0688. The fraction of sp³-hybridized carbons (Fsp3) is 0.150. The highest BCUT2D eigenvalue weighted by atomic mass is 79.9. The predicted molar refractivity (Wildman–Crippen MR) is 103 cm³/mol. The van der Waals surface area contributed by atoms with Gasteiger partial charge in [0.2, 0.25) is 0 Å². The van der Waals surface area contributed by atoms with Gasteiger partial charge in [0, 0.05) is 15.6 Å². The molecule has 2 aromatic carbocycles. The average Bonchev–Trinajstić information content (AvgIpc) is 3.03. The molecular formula is C20H15BrFN3O2. The Bertz CT molecular complexity index is 1120. The van der Waals surface area contributed by atoms with Crippen LogP contribution in [0.25, 0.3) is 5.69 Å². The SMILES string of the molecule is CC1(C)N=C(c2ccccc2F)c2cc(Br)ccc2-n2cnc(C(=O)O)c21. The summed E-state index contributed by atoms with van der Waals surface area (Å²) >= 11 is 3.46. The van der Waals surface area contributed by atoms with Gasteiger partial charge in [-0.15, -0.1) is 0 Å². The topological polar surface area (TPSA) is 67.5 Å². The van der Waals surface area contributed by atoms with Crippen molar-refractivity contribution in [3.63, 3.8) is 0 Å². The summed E-state index contributed by atoms with van der Waals surface area (Å²) in [7, 11) is 0. The Labute approximate surface area is 163 Å². The van der Waals surface area contributed by atoms with E-state index in [2.05, 4.69) is 20.9 Å². The lowest BCUT2D eigenvalue weighted by Gasteiger charge is -2.21. The first kappa shape index (κ1) is 17.6. The maximum atomic E-state index is 14.6. The molecule has 0 spiro atoms. The fourth-order valence-electron chi connectivity index (χ4n) is 3.43. The minimum absolute atomic E-state index is 0.0626. The molecule has 0 radical (unpaired) electrons. The Morgan fingerprint density at radius 1 is 1.19 bits per heavy atom. The number of aliphatic imine (C=N–C) groups is 1. The minimum atomic E-state index is -1.12. The third-order valence-electron chi connectivity index (χ3n) is 4.54. The van der Waals surface area contributed by atoms with Crippen LogP contribution in [0.4, 0.5) is 4.39 Å². The van der Waals surface area contributed by atoms with Crippen LogP contribution in [0.15, 0.2) is 58.3 Å². The first-order chi connectivity index (χ1) is 12.8. The Balaban J connectivity index is 2.12. The predicted octanol–water partition coefficient (Wildman–Crippen LogP) is 4.56. The summed E-state index contributed by atoms with van der Waals surface area (Å²) in [4.78, 5) is 20.6. The molecule has 0 atom stereocenters. The van der Waals surface area contributed by atoms with Crippen LogP contribution in [-0.4, -0.2) is 26.3 Å². The molecule has 3 aromatic rings. The normalized spacial score (nSPS) is 14.7. The van der Waals surface area contributed by atoms with E-state index in [0.717, 1.165) is 4.47 Å². The quantitative estimate of drug-likeness (QED) is 0.651. The fourth-order valence-corrected chi connectivity index (χ4v) is 3.79. The van der Waals surface area contributed by atoms with Gasteiger partial charge in [0.15, 0.2) is 5.69 Å². The van der Waals surface area contributed by atoms with Crippen molar-refractivity contribution in [3.05, 3.63) is 81.6 Å². The summed E-state index contributed by atoms with van der Waals surface area (Å²) in [5, 5.41) is 9.58. The number of hydrogen-bond donors (Lipinski definition) is 1. The highest BCUT2D eigenvalue weighted by Gasteiger charge is 2.36. The second-order valence-electron chi connectivity index (χ2n) is 6.78. The zero-order chi connectivity index (χ0) is 19.3. The number of carboxylic acids is 1. The first-order valence-electron chi connectivity index (χ1n) is 8.26. The second-order valence-corrected chi connectivity index (χ2v) is 7.69. The number of aromatic carboxylic acids is 1. The Morgan fingerprint density at radius 2 is 1.93 bits per heavy atom. The van der Waals surface area contributed by atoms with E-state index >= 15 is 0 Å². The van der Waals surface area contributed by atoms with Crippen molar-refractivity contribution in [1.82, 2.24) is 9.55 Å². The molecule has 1 aliphatic heterocycles. The molecule has 7 heteroatoms. The molecule has 2 heterocycles. The number of rotatable bonds is 2. The molecule has 0 saturated carbocycles. The van der Waals surface area contributed by atoms with E-state index in [9.17, 15) is 14.3 Å². The smallest absolute Gasteiger partial charge is 0.356 e. The number of fused-ring (bicyclic) bond motifs is 3. The maximum absolute atomic E-state index is 14.6. The van der Waals surface area contributed by atoms with Gasteiger partial charge < -0.3 is 5.11 Å². The molecule has 0 bridgehead atoms. The van der Waals surface area contributed by atoms with E-state index in [1.54, 1.807) is 36.6 Å². The highest BCUT2D eigenvalue weighted by Crippen LogP contribution is 2.37. The van der Waals surface area contributed by atoms with E-state index in [4.69, 9.17) is 4.99 Å². The van der Waals surface area contributed by atoms with Crippen molar-refractivity contribution in [1.29, 1.82) is 0 Å². The van der Waals surface area contributed by atoms with Gasteiger partial charge >= 0.3 is 5.97 Å². The molecule has 1 N–H and O–H groups in total.